The van der Waals surface area contributed by atoms with E-state index in [1.54, 1.807) is 72.8 Å². The summed E-state index contributed by atoms with van der Waals surface area (Å²) in [6.07, 6.45) is 1.44. The predicted octanol–water partition coefficient (Wildman–Crippen LogP) is 6.01. The van der Waals surface area contributed by atoms with Crippen LogP contribution in [0.1, 0.15) is 15.9 Å². The highest BCUT2D eigenvalue weighted by molar-refractivity contribution is 7.74. The Bertz CT molecular complexity index is 1250. The highest BCUT2D eigenvalue weighted by Crippen LogP contribution is 2.48. The molecule has 0 fully saturated rings. The van der Waals surface area contributed by atoms with E-state index in [4.69, 9.17) is 16.1 Å². The highest BCUT2D eigenvalue weighted by Gasteiger charge is 2.31. The van der Waals surface area contributed by atoms with Gasteiger partial charge in [0.15, 0.2) is 5.76 Å². The van der Waals surface area contributed by atoms with E-state index in [2.05, 4.69) is 5.32 Å². The minimum absolute atomic E-state index is 0.256. The fraction of sp³-hybridized carbons (Fsp3) is 0. The standard InChI is InChI=1S/C27H21ClNO3P/c28-23-18-16-21(17-19-23)26(20-29-27(30)22-10-4-1-5-11-22)32-33(31,24-12-6-2-7-13-24)25-14-8-3-9-15-25/h1-20H,(H,29,30). The van der Waals surface area contributed by atoms with Crippen LogP contribution in [-0.2, 0) is 9.09 Å². The van der Waals surface area contributed by atoms with Crippen LogP contribution in [0.4, 0.5) is 0 Å². The van der Waals surface area contributed by atoms with Gasteiger partial charge in [-0.25, -0.2) is 0 Å². The topological polar surface area (TPSA) is 55.4 Å². The van der Waals surface area contributed by atoms with Crippen molar-refractivity contribution in [2.75, 3.05) is 0 Å². The van der Waals surface area contributed by atoms with Gasteiger partial charge in [0, 0.05) is 22.3 Å². The number of halogens is 1. The quantitative estimate of drug-likeness (QED) is 0.264. The molecule has 0 saturated heterocycles. The normalized spacial score (nSPS) is 11.6. The fourth-order valence-electron chi connectivity index (χ4n) is 3.22. The van der Waals surface area contributed by atoms with Crippen LogP contribution in [0.2, 0.25) is 5.02 Å². The molecule has 6 heteroatoms. The summed E-state index contributed by atoms with van der Waals surface area (Å²) in [5.41, 5.74) is 1.12. The Balaban J connectivity index is 1.76. The fourth-order valence-corrected chi connectivity index (χ4v) is 5.42. The van der Waals surface area contributed by atoms with E-state index in [0.29, 0.717) is 26.8 Å². The average Bonchev–Trinajstić information content (AvgIpc) is 2.88. The van der Waals surface area contributed by atoms with Crippen LogP contribution in [0.25, 0.3) is 5.76 Å². The smallest absolute Gasteiger partial charge is 0.306 e. The molecule has 4 aromatic rings. The molecule has 0 aromatic heterocycles. The Kier molecular flexibility index (Phi) is 7.09. The molecule has 0 spiro atoms. The lowest BCUT2D eigenvalue weighted by Gasteiger charge is -2.22. The maximum absolute atomic E-state index is 14.4. The van der Waals surface area contributed by atoms with Gasteiger partial charge < -0.3 is 9.84 Å². The van der Waals surface area contributed by atoms with Crippen LogP contribution in [0.15, 0.2) is 121 Å². The third-order valence-corrected chi connectivity index (χ3v) is 7.58. The van der Waals surface area contributed by atoms with E-state index >= 15 is 0 Å². The van der Waals surface area contributed by atoms with Crippen molar-refractivity contribution in [2.45, 2.75) is 0 Å². The van der Waals surface area contributed by atoms with Crippen LogP contribution in [-0.4, -0.2) is 5.91 Å². The van der Waals surface area contributed by atoms with Crippen molar-refractivity contribution in [1.82, 2.24) is 5.32 Å². The Labute approximate surface area is 198 Å². The van der Waals surface area contributed by atoms with E-state index in [1.165, 1.54) is 6.20 Å². The van der Waals surface area contributed by atoms with Crippen molar-refractivity contribution >= 4 is 41.2 Å². The molecule has 0 aliphatic heterocycles. The number of hydrogen-bond acceptors (Lipinski definition) is 3. The second-order valence-corrected chi connectivity index (χ2v) is 9.92. The van der Waals surface area contributed by atoms with Gasteiger partial charge in [-0.3, -0.25) is 9.36 Å². The van der Waals surface area contributed by atoms with Crippen molar-refractivity contribution in [3.63, 3.8) is 0 Å². The summed E-state index contributed by atoms with van der Waals surface area (Å²) in [7, 11) is -3.54. The zero-order valence-electron chi connectivity index (χ0n) is 17.6. The molecule has 1 N–H and O–H groups in total. The lowest BCUT2D eigenvalue weighted by atomic mass is 10.2. The van der Waals surface area contributed by atoms with Gasteiger partial charge in [-0.2, -0.15) is 0 Å². The molecule has 0 aliphatic rings. The minimum Gasteiger partial charge on any atom is -0.435 e. The first-order chi connectivity index (χ1) is 16.1. The summed E-state index contributed by atoms with van der Waals surface area (Å²) in [5.74, 6) is -0.0492. The largest absolute Gasteiger partial charge is 0.435 e. The molecule has 0 radical (unpaired) electrons. The van der Waals surface area contributed by atoms with Crippen molar-refractivity contribution < 1.29 is 13.9 Å². The zero-order valence-corrected chi connectivity index (χ0v) is 19.2. The van der Waals surface area contributed by atoms with Gasteiger partial charge in [0.2, 0.25) is 0 Å². The van der Waals surface area contributed by atoms with E-state index in [-0.39, 0.29) is 11.7 Å². The Morgan fingerprint density at radius 1 is 0.697 bits per heavy atom. The van der Waals surface area contributed by atoms with E-state index in [9.17, 15) is 9.36 Å². The van der Waals surface area contributed by atoms with E-state index in [1.807, 2.05) is 42.5 Å². The summed E-state index contributed by atoms with van der Waals surface area (Å²) in [6.45, 7) is 0. The molecule has 4 aromatic carbocycles. The summed E-state index contributed by atoms with van der Waals surface area (Å²) >= 11 is 6.06. The van der Waals surface area contributed by atoms with E-state index < -0.39 is 7.37 Å². The van der Waals surface area contributed by atoms with Gasteiger partial charge in [0.05, 0.1) is 10.6 Å². The van der Waals surface area contributed by atoms with Crippen LogP contribution < -0.4 is 15.9 Å². The summed E-state index contributed by atoms with van der Waals surface area (Å²) in [6, 6.07) is 33.8. The molecule has 0 unspecified atom stereocenters. The molecule has 33 heavy (non-hydrogen) atoms. The lowest BCUT2D eigenvalue weighted by molar-refractivity contribution is 0.0969. The third kappa shape index (κ3) is 5.43. The molecule has 0 heterocycles. The zero-order chi connectivity index (χ0) is 23.1. The molecule has 164 valence electrons. The van der Waals surface area contributed by atoms with Crippen LogP contribution in [0, 0.1) is 0 Å². The van der Waals surface area contributed by atoms with Gasteiger partial charge in [0.1, 0.15) is 0 Å². The molecule has 1 amide bonds. The molecule has 4 nitrogen and oxygen atoms in total. The summed E-state index contributed by atoms with van der Waals surface area (Å²) < 4.78 is 20.7. The second-order valence-electron chi connectivity index (χ2n) is 7.17. The average molecular weight is 474 g/mol. The Hall–Kier alpha value is -3.59. The number of benzene rings is 4. The van der Waals surface area contributed by atoms with Crippen molar-refractivity contribution in [3.05, 3.63) is 138 Å². The van der Waals surface area contributed by atoms with Gasteiger partial charge in [-0.05, 0) is 60.7 Å². The molecule has 0 saturated carbocycles. The second kappa shape index (κ2) is 10.4. The van der Waals surface area contributed by atoms with Crippen LogP contribution >= 0.6 is 19.0 Å². The van der Waals surface area contributed by atoms with Gasteiger partial charge in [-0.1, -0.05) is 66.2 Å². The predicted molar refractivity (Wildman–Crippen MR) is 134 cm³/mol. The first-order valence-corrected chi connectivity index (χ1v) is 12.3. The molecule has 0 atom stereocenters. The SMILES string of the molecule is O=C(NC=C(OP(=O)(c1ccccc1)c1ccccc1)c1ccc(Cl)cc1)c1ccccc1. The van der Waals surface area contributed by atoms with Gasteiger partial charge >= 0.3 is 7.37 Å². The number of carbonyl (C=O) groups is 1. The summed E-state index contributed by atoms with van der Waals surface area (Å²) in [5, 5.41) is 4.41. The molecule has 4 rings (SSSR count). The molecule has 0 aliphatic carbocycles. The first-order valence-electron chi connectivity index (χ1n) is 10.3. The first kappa shape index (κ1) is 22.6. The number of hydrogen-bond donors (Lipinski definition) is 1. The van der Waals surface area contributed by atoms with Crippen LogP contribution in [0.3, 0.4) is 0 Å². The van der Waals surface area contributed by atoms with Crippen molar-refractivity contribution in [2.24, 2.45) is 0 Å². The Morgan fingerprint density at radius 2 is 1.18 bits per heavy atom. The van der Waals surface area contributed by atoms with E-state index in [0.717, 1.165) is 0 Å². The minimum atomic E-state index is -3.54. The third-order valence-electron chi connectivity index (χ3n) is 4.92. The number of carbonyl (C=O) groups excluding carboxylic acids is 1. The van der Waals surface area contributed by atoms with Crippen molar-refractivity contribution in [1.29, 1.82) is 0 Å². The number of rotatable bonds is 7. The molecule has 0 bridgehead atoms. The maximum Gasteiger partial charge on any atom is 0.306 e. The van der Waals surface area contributed by atoms with Crippen LogP contribution in [0.5, 0.6) is 0 Å². The van der Waals surface area contributed by atoms with Gasteiger partial charge in [-0.15, -0.1) is 0 Å². The number of nitrogens with one attached hydrogen (secondary N) is 1. The molecular weight excluding hydrogens is 453 g/mol. The monoisotopic (exact) mass is 473 g/mol. The van der Waals surface area contributed by atoms with Gasteiger partial charge in [0.25, 0.3) is 5.91 Å². The Morgan fingerprint density at radius 3 is 1.70 bits per heavy atom. The highest BCUT2D eigenvalue weighted by atomic mass is 35.5. The summed E-state index contributed by atoms with van der Waals surface area (Å²) in [4.78, 5) is 12.6. The maximum atomic E-state index is 14.4. The van der Waals surface area contributed by atoms with Crippen molar-refractivity contribution in [3.8, 4) is 0 Å². The molecular formula is C27H21ClNO3P. The lowest BCUT2D eigenvalue weighted by Crippen LogP contribution is -2.20. The number of amides is 1.